The molecule has 2 aromatic carbocycles. The van der Waals surface area contributed by atoms with Gasteiger partial charge in [-0.15, -0.1) is 0 Å². The summed E-state index contributed by atoms with van der Waals surface area (Å²) in [7, 11) is 0. The van der Waals surface area contributed by atoms with E-state index in [1.807, 2.05) is 29.2 Å². The fourth-order valence-corrected chi connectivity index (χ4v) is 4.88. The predicted molar refractivity (Wildman–Crippen MR) is 115 cm³/mol. The predicted octanol–water partition coefficient (Wildman–Crippen LogP) is 2.29. The molecule has 7 nitrogen and oxygen atoms in total. The van der Waals surface area contributed by atoms with Crippen molar-refractivity contribution in [1.82, 2.24) is 14.4 Å². The largest absolute Gasteiger partial charge is 0.420 e. The van der Waals surface area contributed by atoms with Crippen molar-refractivity contribution in [3.8, 4) is 0 Å². The minimum Gasteiger partial charge on any atom is -0.408 e. The van der Waals surface area contributed by atoms with Gasteiger partial charge in [0.1, 0.15) is 6.54 Å². The Labute approximate surface area is 179 Å². The molecule has 0 aliphatic carbocycles. The summed E-state index contributed by atoms with van der Waals surface area (Å²) in [6.07, 6.45) is 2.29. The molecule has 1 atom stereocenters. The molecule has 3 aromatic rings. The van der Waals surface area contributed by atoms with E-state index >= 15 is 0 Å². The lowest BCUT2D eigenvalue weighted by Gasteiger charge is -2.24. The van der Waals surface area contributed by atoms with E-state index in [0.717, 1.165) is 19.4 Å². The molecule has 7 heteroatoms. The first kappa shape index (κ1) is 19.6. The highest BCUT2D eigenvalue weighted by Gasteiger charge is 2.51. The van der Waals surface area contributed by atoms with E-state index in [-0.39, 0.29) is 18.4 Å². The minimum atomic E-state index is -0.535. The van der Waals surface area contributed by atoms with Crippen molar-refractivity contribution in [3.63, 3.8) is 0 Å². The topological polar surface area (TPSA) is 75.8 Å². The van der Waals surface area contributed by atoms with Gasteiger partial charge in [0.2, 0.25) is 11.8 Å². The van der Waals surface area contributed by atoms with E-state index in [0.29, 0.717) is 37.2 Å². The monoisotopic (exact) mass is 419 g/mol. The van der Waals surface area contributed by atoms with Crippen molar-refractivity contribution in [2.45, 2.75) is 25.8 Å². The molecule has 0 N–H and O–H groups in total. The molecule has 1 unspecified atom stereocenters. The summed E-state index contributed by atoms with van der Waals surface area (Å²) in [5.74, 6) is -0.529. The van der Waals surface area contributed by atoms with Crippen LogP contribution in [0.2, 0.25) is 0 Å². The third-order valence-electron chi connectivity index (χ3n) is 6.69. The Morgan fingerprint density at radius 2 is 1.71 bits per heavy atom. The normalized spacial score (nSPS) is 21.0. The second kappa shape index (κ2) is 7.72. The number of hydrogen-bond donors (Lipinski definition) is 0. The van der Waals surface area contributed by atoms with Crippen LogP contribution in [0.3, 0.4) is 0 Å². The van der Waals surface area contributed by atoms with Gasteiger partial charge in [-0.05, 0) is 37.0 Å². The fraction of sp³-hybridized carbons (Fsp3) is 0.375. The molecule has 1 aromatic heterocycles. The number of para-hydroxylation sites is 2. The first-order chi connectivity index (χ1) is 15.1. The number of rotatable bonds is 5. The van der Waals surface area contributed by atoms with E-state index in [1.165, 1.54) is 10.1 Å². The third-order valence-corrected chi connectivity index (χ3v) is 6.69. The van der Waals surface area contributed by atoms with Crippen molar-refractivity contribution < 1.29 is 14.0 Å². The Kier molecular flexibility index (Phi) is 4.88. The molecule has 2 fully saturated rings. The third kappa shape index (κ3) is 3.54. The number of aromatic nitrogens is 1. The zero-order chi connectivity index (χ0) is 21.4. The van der Waals surface area contributed by atoms with Crippen LogP contribution in [0.1, 0.15) is 18.4 Å². The standard InChI is InChI=1S/C24H25N3O4/c28-21(16-27-19-8-4-5-9-20(19)31-23(27)30)26-15-12-24(17-26)11-14-25(22(24)29)13-10-18-6-2-1-3-7-18/h1-9H,10-17H2. The Morgan fingerprint density at radius 1 is 0.968 bits per heavy atom. The molecule has 2 aliphatic heterocycles. The van der Waals surface area contributed by atoms with Gasteiger partial charge in [0.25, 0.3) is 0 Å². The molecule has 2 amide bonds. The van der Waals surface area contributed by atoms with Gasteiger partial charge in [-0.3, -0.25) is 14.2 Å². The molecule has 2 saturated heterocycles. The molecule has 3 heterocycles. The highest BCUT2D eigenvalue weighted by atomic mass is 16.4. The van der Waals surface area contributed by atoms with Crippen molar-refractivity contribution in [2.24, 2.45) is 5.41 Å². The van der Waals surface area contributed by atoms with Crippen LogP contribution in [0.25, 0.3) is 11.1 Å². The van der Waals surface area contributed by atoms with Gasteiger partial charge in [0, 0.05) is 26.2 Å². The maximum Gasteiger partial charge on any atom is 0.420 e. The average Bonchev–Trinajstić information content (AvgIpc) is 3.45. The number of benzene rings is 2. The number of fused-ring (bicyclic) bond motifs is 1. The number of nitrogens with zero attached hydrogens (tertiary/aromatic N) is 3. The van der Waals surface area contributed by atoms with Crippen molar-refractivity contribution in [1.29, 1.82) is 0 Å². The fourth-order valence-electron chi connectivity index (χ4n) is 4.88. The summed E-state index contributed by atoms with van der Waals surface area (Å²) in [6.45, 7) is 2.34. The number of oxazole rings is 1. The van der Waals surface area contributed by atoms with Crippen LogP contribution in [0.4, 0.5) is 0 Å². The van der Waals surface area contributed by atoms with Gasteiger partial charge in [-0.25, -0.2) is 4.79 Å². The molecular weight excluding hydrogens is 394 g/mol. The van der Waals surface area contributed by atoms with Crippen LogP contribution in [0.15, 0.2) is 63.8 Å². The van der Waals surface area contributed by atoms with E-state index in [2.05, 4.69) is 12.1 Å². The Morgan fingerprint density at radius 3 is 2.55 bits per heavy atom. The first-order valence-corrected chi connectivity index (χ1v) is 10.8. The Bertz CT molecular complexity index is 1180. The van der Waals surface area contributed by atoms with Gasteiger partial charge in [-0.2, -0.15) is 0 Å². The zero-order valence-corrected chi connectivity index (χ0v) is 17.3. The summed E-state index contributed by atoms with van der Waals surface area (Å²) < 4.78 is 6.59. The first-order valence-electron chi connectivity index (χ1n) is 10.8. The summed E-state index contributed by atoms with van der Waals surface area (Å²) in [4.78, 5) is 42.0. The van der Waals surface area contributed by atoms with E-state index in [1.54, 1.807) is 23.1 Å². The minimum absolute atomic E-state index is 0.0716. The van der Waals surface area contributed by atoms with Gasteiger partial charge in [0.15, 0.2) is 5.58 Å². The molecule has 1 spiro atoms. The smallest absolute Gasteiger partial charge is 0.408 e. The van der Waals surface area contributed by atoms with Crippen molar-refractivity contribution in [3.05, 3.63) is 70.7 Å². The lowest BCUT2D eigenvalue weighted by Crippen LogP contribution is -2.40. The Hall–Kier alpha value is -3.35. The number of hydrogen-bond acceptors (Lipinski definition) is 4. The van der Waals surface area contributed by atoms with Crippen LogP contribution in [0, 0.1) is 5.41 Å². The molecule has 0 saturated carbocycles. The molecule has 31 heavy (non-hydrogen) atoms. The van der Waals surface area contributed by atoms with Gasteiger partial charge in [0.05, 0.1) is 10.9 Å². The number of carbonyl (C=O) groups excluding carboxylic acids is 2. The van der Waals surface area contributed by atoms with Gasteiger partial charge < -0.3 is 14.2 Å². The van der Waals surface area contributed by atoms with Crippen molar-refractivity contribution >= 4 is 22.9 Å². The highest BCUT2D eigenvalue weighted by Crippen LogP contribution is 2.40. The van der Waals surface area contributed by atoms with E-state index < -0.39 is 11.2 Å². The molecule has 0 radical (unpaired) electrons. The second-order valence-electron chi connectivity index (χ2n) is 8.55. The van der Waals surface area contributed by atoms with Crippen LogP contribution < -0.4 is 5.76 Å². The second-order valence-corrected chi connectivity index (χ2v) is 8.55. The quantitative estimate of drug-likeness (QED) is 0.636. The SMILES string of the molecule is O=C(Cn1c(=O)oc2ccccc21)N1CCC2(CCN(CCc3ccccc3)C2=O)C1. The summed E-state index contributed by atoms with van der Waals surface area (Å²) in [5, 5.41) is 0. The lowest BCUT2D eigenvalue weighted by molar-refractivity contribution is -0.136. The summed E-state index contributed by atoms with van der Waals surface area (Å²) in [6, 6.07) is 17.2. The Balaban J connectivity index is 1.24. The number of amides is 2. The lowest BCUT2D eigenvalue weighted by atomic mass is 9.85. The molecule has 2 aliphatic rings. The molecule has 160 valence electrons. The summed E-state index contributed by atoms with van der Waals surface area (Å²) in [5.41, 5.74) is 1.82. The van der Waals surface area contributed by atoms with Crippen molar-refractivity contribution in [2.75, 3.05) is 26.2 Å². The van der Waals surface area contributed by atoms with Gasteiger partial charge >= 0.3 is 5.76 Å². The zero-order valence-electron chi connectivity index (χ0n) is 17.3. The molecule has 0 bridgehead atoms. The number of carbonyl (C=O) groups is 2. The summed E-state index contributed by atoms with van der Waals surface area (Å²) >= 11 is 0. The molecule has 5 rings (SSSR count). The van der Waals surface area contributed by atoms with E-state index in [9.17, 15) is 14.4 Å². The van der Waals surface area contributed by atoms with Crippen LogP contribution in [-0.2, 0) is 22.6 Å². The maximum absolute atomic E-state index is 13.2. The number of likely N-dealkylation sites (tertiary alicyclic amines) is 2. The van der Waals surface area contributed by atoms with Crippen LogP contribution >= 0.6 is 0 Å². The maximum atomic E-state index is 13.2. The van der Waals surface area contributed by atoms with Gasteiger partial charge in [-0.1, -0.05) is 42.5 Å². The average molecular weight is 419 g/mol. The molecular formula is C24H25N3O4. The van der Waals surface area contributed by atoms with Crippen LogP contribution in [-0.4, -0.2) is 52.4 Å². The van der Waals surface area contributed by atoms with E-state index in [4.69, 9.17) is 4.42 Å². The van der Waals surface area contributed by atoms with Crippen LogP contribution in [0.5, 0.6) is 0 Å². The highest BCUT2D eigenvalue weighted by molar-refractivity contribution is 5.87.